The number of halogens is 4. The van der Waals surface area contributed by atoms with Crippen molar-refractivity contribution in [1.82, 2.24) is 0 Å². The van der Waals surface area contributed by atoms with Crippen LogP contribution in [0.1, 0.15) is 13.8 Å². The molecule has 0 saturated carbocycles. The van der Waals surface area contributed by atoms with Crippen molar-refractivity contribution in [1.29, 1.82) is 0 Å². The molecular formula is C20H20Cl4CoN4O5. The van der Waals surface area contributed by atoms with Gasteiger partial charge >= 0.3 is 16.8 Å². The van der Waals surface area contributed by atoms with Crippen LogP contribution in [0, 0.1) is 0 Å². The van der Waals surface area contributed by atoms with Crippen molar-refractivity contribution in [2.45, 2.75) is 13.8 Å². The van der Waals surface area contributed by atoms with E-state index < -0.39 is 11.8 Å². The average molecular weight is 597 g/mol. The van der Waals surface area contributed by atoms with Gasteiger partial charge in [0.2, 0.25) is 0 Å². The molecule has 2 aromatic rings. The summed E-state index contributed by atoms with van der Waals surface area (Å²) in [6.45, 7) is 2.90. The van der Waals surface area contributed by atoms with Crippen molar-refractivity contribution in [2.75, 3.05) is 13.2 Å². The molecule has 0 unspecified atom stereocenters. The van der Waals surface area contributed by atoms with Gasteiger partial charge in [0.05, 0.1) is 10.0 Å². The van der Waals surface area contributed by atoms with Crippen LogP contribution in [0.15, 0.2) is 56.8 Å². The first kappa shape index (κ1) is 34.1. The minimum absolute atomic E-state index is 0. The molecule has 2 rings (SSSR count). The number of hydrogen-bond donors (Lipinski definition) is 0. The molecule has 34 heavy (non-hydrogen) atoms. The van der Waals surface area contributed by atoms with Crippen molar-refractivity contribution in [3.8, 4) is 11.5 Å². The van der Waals surface area contributed by atoms with Crippen molar-refractivity contribution < 1.29 is 41.9 Å². The monoisotopic (exact) mass is 595 g/mol. The van der Waals surface area contributed by atoms with E-state index in [1.165, 1.54) is 24.6 Å². The number of nitrogens with zero attached hydrogens (tertiary/aromatic N) is 4. The number of benzene rings is 2. The molecule has 0 atom stereocenters. The van der Waals surface area contributed by atoms with Gasteiger partial charge in [-0.3, -0.25) is 0 Å². The summed E-state index contributed by atoms with van der Waals surface area (Å²) in [5.74, 6) is -0.196. The molecule has 0 amide bonds. The predicted molar refractivity (Wildman–Crippen MR) is 131 cm³/mol. The van der Waals surface area contributed by atoms with Crippen LogP contribution in [0.25, 0.3) is 0 Å². The van der Waals surface area contributed by atoms with E-state index >= 15 is 0 Å². The third-order valence-electron chi connectivity index (χ3n) is 3.06. The fourth-order valence-electron chi connectivity index (χ4n) is 1.77. The third kappa shape index (κ3) is 14.3. The molecule has 9 nitrogen and oxygen atoms in total. The first-order valence-corrected chi connectivity index (χ1v) is 10.4. The van der Waals surface area contributed by atoms with Gasteiger partial charge in [0.25, 0.3) is 0 Å². The summed E-state index contributed by atoms with van der Waals surface area (Å²) in [5.41, 5.74) is 0. The summed E-state index contributed by atoms with van der Waals surface area (Å²) < 4.78 is 10.3. The Kier molecular flexibility index (Phi) is 19.3. The largest absolute Gasteiger partial charge is 2.00 e. The molecule has 14 heteroatoms. The van der Waals surface area contributed by atoms with Crippen molar-refractivity contribution >= 4 is 70.6 Å². The molecule has 2 N–H and O–H groups in total. The summed E-state index contributed by atoms with van der Waals surface area (Å²) in [6.07, 6.45) is 2.82. The fraction of sp³-hybridized carbons (Fsp3) is 0.200. The van der Waals surface area contributed by atoms with Crippen LogP contribution < -0.4 is 19.7 Å². The van der Waals surface area contributed by atoms with Crippen LogP contribution in [-0.4, -0.2) is 42.9 Å². The second-order valence-electron chi connectivity index (χ2n) is 5.46. The molecule has 2 aromatic carbocycles. The molecule has 0 spiro atoms. The van der Waals surface area contributed by atoms with Crippen LogP contribution in [0.5, 0.6) is 11.5 Å². The Bertz CT molecular complexity index is 927. The number of hydrogen-bond acceptors (Lipinski definition) is 8. The van der Waals surface area contributed by atoms with Crippen molar-refractivity contribution in [3.05, 3.63) is 56.5 Å². The van der Waals surface area contributed by atoms with Crippen LogP contribution in [0.4, 0.5) is 0 Å². The van der Waals surface area contributed by atoms with E-state index in [-0.39, 0.29) is 35.5 Å². The quantitative estimate of drug-likeness (QED) is 0.261. The second kappa shape index (κ2) is 19.3. The molecule has 187 valence electrons. The van der Waals surface area contributed by atoms with E-state index in [1.54, 1.807) is 38.1 Å². The van der Waals surface area contributed by atoms with Gasteiger partial charge in [0.1, 0.15) is 24.7 Å². The molecule has 0 bridgehead atoms. The topological polar surface area (TPSA) is 146 Å². The first-order valence-electron chi connectivity index (χ1n) is 8.85. The van der Waals surface area contributed by atoms with Gasteiger partial charge in [-0.05, 0) is 50.2 Å². The predicted octanol–water partition coefficient (Wildman–Crippen LogP) is 3.45. The third-order valence-corrected chi connectivity index (χ3v) is 4.12. The molecule has 0 aromatic heterocycles. The standard InChI is InChI=1S/2C10H10Cl2N2O2.Co.H2O/c2*1-2-13-14-10(15)6-16-9-4-3-7(11)5-8(9)12;;/h2*2-5H,6H2,1H3,(H,14,15);;1H2/q;;+2;/p-2. The van der Waals surface area contributed by atoms with Crippen LogP contribution in [0.2, 0.25) is 20.1 Å². The number of rotatable bonds is 8. The molecule has 0 aliphatic rings. The maximum absolute atomic E-state index is 11.1. The molecule has 0 saturated heterocycles. The zero-order chi connectivity index (χ0) is 23.9. The smallest absolute Gasteiger partial charge is 0.858 e. The van der Waals surface area contributed by atoms with E-state index in [0.29, 0.717) is 31.6 Å². The molecule has 0 aliphatic heterocycles. The summed E-state index contributed by atoms with van der Waals surface area (Å²) in [5, 5.41) is 37.4. The average Bonchev–Trinajstić information content (AvgIpc) is 2.75. The van der Waals surface area contributed by atoms with E-state index in [0.717, 1.165) is 0 Å². The van der Waals surface area contributed by atoms with Gasteiger partial charge < -0.3 is 25.2 Å². The zero-order valence-electron chi connectivity index (χ0n) is 17.8. The van der Waals surface area contributed by atoms with Crippen LogP contribution in [0.3, 0.4) is 0 Å². The Morgan fingerprint density at radius 2 is 1.12 bits per heavy atom. The van der Waals surface area contributed by atoms with E-state index in [1.807, 2.05) is 0 Å². The minimum atomic E-state index is -0.482. The molecule has 1 radical (unpaired) electrons. The van der Waals surface area contributed by atoms with Crippen molar-refractivity contribution in [3.63, 3.8) is 0 Å². The fourth-order valence-corrected chi connectivity index (χ4v) is 2.69. The molecule has 0 aliphatic carbocycles. The van der Waals surface area contributed by atoms with Crippen LogP contribution in [-0.2, 0) is 16.8 Å². The van der Waals surface area contributed by atoms with Gasteiger partial charge in [-0.1, -0.05) is 46.4 Å². The Morgan fingerprint density at radius 3 is 1.41 bits per heavy atom. The Balaban J connectivity index is 0. The summed E-state index contributed by atoms with van der Waals surface area (Å²) >= 11 is 23.1. The van der Waals surface area contributed by atoms with Gasteiger partial charge in [0, 0.05) is 34.3 Å². The van der Waals surface area contributed by atoms with Crippen molar-refractivity contribution in [2.24, 2.45) is 20.4 Å². The van der Waals surface area contributed by atoms with Crippen LogP contribution >= 0.6 is 46.4 Å². The first-order chi connectivity index (χ1) is 15.3. The normalized spacial score (nSPS) is 11.4. The van der Waals surface area contributed by atoms with E-state index in [2.05, 4.69) is 20.4 Å². The summed E-state index contributed by atoms with van der Waals surface area (Å²) in [6, 6.07) is 9.47. The SMILES string of the molecule is CC=NN=C([O-])COc1ccc(Cl)cc1Cl.CC=NN=C([O-])COc1ccc(Cl)cc1Cl.O.[Co+2]. The maximum Gasteiger partial charge on any atom is 2.00 e. The van der Waals surface area contributed by atoms with E-state index in [9.17, 15) is 10.2 Å². The molecule has 0 fully saturated rings. The molecule has 0 heterocycles. The maximum atomic E-state index is 11.1. The minimum Gasteiger partial charge on any atom is -0.858 e. The number of ether oxygens (including phenoxy) is 2. The van der Waals surface area contributed by atoms with Gasteiger partial charge in [0.15, 0.2) is 0 Å². The van der Waals surface area contributed by atoms with E-state index in [4.69, 9.17) is 55.9 Å². The van der Waals surface area contributed by atoms with Gasteiger partial charge in [-0.15, -0.1) is 0 Å². The Labute approximate surface area is 227 Å². The van der Waals surface area contributed by atoms with Gasteiger partial charge in [-0.25, -0.2) is 0 Å². The second-order valence-corrected chi connectivity index (χ2v) is 7.15. The summed E-state index contributed by atoms with van der Waals surface area (Å²) in [7, 11) is 0. The Morgan fingerprint density at radius 1 is 0.765 bits per heavy atom. The summed E-state index contributed by atoms with van der Waals surface area (Å²) in [4.78, 5) is 0. The molecular weight excluding hydrogens is 577 g/mol. The zero-order valence-corrected chi connectivity index (χ0v) is 21.9. The Hall–Kier alpha value is -2.05. The van der Waals surface area contributed by atoms with Gasteiger partial charge in [-0.2, -0.15) is 20.4 Å².